The van der Waals surface area contributed by atoms with Gasteiger partial charge in [-0.3, -0.25) is 4.98 Å². The van der Waals surface area contributed by atoms with Gasteiger partial charge < -0.3 is 10.6 Å². The van der Waals surface area contributed by atoms with Crippen LogP contribution in [-0.4, -0.2) is 21.0 Å². The standard InChI is InChI=1S/C19H21N5/c1-13-12-17(24-19(21-13)22-15-8-2-3-9-15)23-16-10-4-6-14-7-5-11-20-18(14)16/h4-7,10-12,15H,2-3,8-9H2,1H3,(H2,21,22,23,24). The average Bonchev–Trinajstić information content (AvgIpc) is 3.08. The van der Waals surface area contributed by atoms with Crippen molar-refractivity contribution in [3.8, 4) is 0 Å². The summed E-state index contributed by atoms with van der Waals surface area (Å²) in [4.78, 5) is 13.6. The fourth-order valence-electron chi connectivity index (χ4n) is 3.29. The van der Waals surface area contributed by atoms with Gasteiger partial charge in [-0.25, -0.2) is 4.98 Å². The number of rotatable bonds is 4. The minimum absolute atomic E-state index is 0.499. The van der Waals surface area contributed by atoms with E-state index >= 15 is 0 Å². The molecule has 1 saturated carbocycles. The summed E-state index contributed by atoms with van der Waals surface area (Å²) in [5.41, 5.74) is 2.85. The Balaban J connectivity index is 1.62. The number of pyridine rings is 1. The summed E-state index contributed by atoms with van der Waals surface area (Å²) in [6.45, 7) is 1.99. The van der Waals surface area contributed by atoms with Gasteiger partial charge in [-0.05, 0) is 31.9 Å². The third-order valence-electron chi connectivity index (χ3n) is 4.44. The third kappa shape index (κ3) is 3.15. The van der Waals surface area contributed by atoms with E-state index in [9.17, 15) is 0 Å². The summed E-state index contributed by atoms with van der Waals surface area (Å²) < 4.78 is 0. The molecule has 5 heteroatoms. The molecule has 2 aromatic heterocycles. The summed E-state index contributed by atoms with van der Waals surface area (Å²) >= 11 is 0. The molecule has 4 rings (SSSR count). The maximum absolute atomic E-state index is 4.64. The molecule has 1 aliphatic rings. The van der Waals surface area contributed by atoms with E-state index in [1.54, 1.807) is 0 Å². The largest absolute Gasteiger partial charge is 0.351 e. The molecular weight excluding hydrogens is 298 g/mol. The van der Waals surface area contributed by atoms with Gasteiger partial charge in [0.2, 0.25) is 5.95 Å². The van der Waals surface area contributed by atoms with Crippen molar-refractivity contribution in [3.63, 3.8) is 0 Å². The minimum Gasteiger partial charge on any atom is -0.351 e. The highest BCUT2D eigenvalue weighted by Crippen LogP contribution is 2.25. The molecule has 0 amide bonds. The third-order valence-corrected chi connectivity index (χ3v) is 4.44. The molecule has 2 N–H and O–H groups in total. The van der Waals surface area contributed by atoms with Crippen LogP contribution in [0.1, 0.15) is 31.4 Å². The van der Waals surface area contributed by atoms with Gasteiger partial charge in [-0.2, -0.15) is 4.98 Å². The predicted octanol–water partition coefficient (Wildman–Crippen LogP) is 4.43. The summed E-state index contributed by atoms with van der Waals surface area (Å²) in [5.74, 6) is 1.50. The van der Waals surface area contributed by atoms with Crippen molar-refractivity contribution in [2.45, 2.75) is 38.6 Å². The van der Waals surface area contributed by atoms with Gasteiger partial charge in [0.05, 0.1) is 11.2 Å². The van der Waals surface area contributed by atoms with E-state index in [0.717, 1.165) is 28.1 Å². The monoisotopic (exact) mass is 319 g/mol. The molecule has 0 bridgehead atoms. The van der Waals surface area contributed by atoms with Crippen LogP contribution < -0.4 is 10.6 Å². The molecule has 1 aliphatic carbocycles. The zero-order valence-electron chi connectivity index (χ0n) is 13.8. The van der Waals surface area contributed by atoms with E-state index in [2.05, 4.69) is 37.7 Å². The maximum Gasteiger partial charge on any atom is 0.225 e. The fraction of sp³-hybridized carbons (Fsp3) is 0.316. The van der Waals surface area contributed by atoms with Crippen molar-refractivity contribution in [2.75, 3.05) is 10.6 Å². The van der Waals surface area contributed by atoms with Crippen molar-refractivity contribution in [1.82, 2.24) is 15.0 Å². The maximum atomic E-state index is 4.64. The Hall–Kier alpha value is -2.69. The first-order valence-electron chi connectivity index (χ1n) is 8.51. The van der Waals surface area contributed by atoms with Crippen LogP contribution in [0, 0.1) is 6.92 Å². The highest BCUT2D eigenvalue weighted by molar-refractivity contribution is 5.91. The summed E-state index contributed by atoms with van der Waals surface area (Å²) in [6, 6.07) is 12.6. The second kappa shape index (κ2) is 6.43. The van der Waals surface area contributed by atoms with Crippen molar-refractivity contribution in [1.29, 1.82) is 0 Å². The number of fused-ring (bicyclic) bond motifs is 1. The van der Waals surface area contributed by atoms with Gasteiger partial charge in [-0.15, -0.1) is 0 Å². The van der Waals surface area contributed by atoms with Crippen molar-refractivity contribution >= 4 is 28.4 Å². The molecule has 122 valence electrons. The molecule has 3 aromatic rings. The Bertz CT molecular complexity index is 850. The van der Waals surface area contributed by atoms with Gasteiger partial charge in [0.15, 0.2) is 0 Å². The van der Waals surface area contributed by atoms with E-state index < -0.39 is 0 Å². The Labute approximate surface area is 141 Å². The molecule has 0 radical (unpaired) electrons. The van der Waals surface area contributed by atoms with Crippen LogP contribution in [0.5, 0.6) is 0 Å². The second-order valence-electron chi connectivity index (χ2n) is 6.35. The molecule has 0 unspecified atom stereocenters. The number of benzene rings is 1. The summed E-state index contributed by atoms with van der Waals surface area (Å²) in [7, 11) is 0. The van der Waals surface area contributed by atoms with E-state index in [0.29, 0.717) is 12.0 Å². The lowest BCUT2D eigenvalue weighted by molar-refractivity contribution is 0.743. The molecule has 0 spiro atoms. The lowest BCUT2D eigenvalue weighted by Gasteiger charge is -2.14. The second-order valence-corrected chi connectivity index (χ2v) is 6.35. The number of hydrogen-bond acceptors (Lipinski definition) is 5. The summed E-state index contributed by atoms with van der Waals surface area (Å²) in [6.07, 6.45) is 6.79. The Morgan fingerprint density at radius 2 is 1.88 bits per heavy atom. The molecular formula is C19H21N5. The molecule has 0 aliphatic heterocycles. The SMILES string of the molecule is Cc1cc(Nc2cccc3cccnc23)nc(NC2CCCC2)n1. The van der Waals surface area contributed by atoms with Crippen LogP contribution in [0.25, 0.3) is 10.9 Å². The number of aromatic nitrogens is 3. The predicted molar refractivity (Wildman–Crippen MR) is 97.7 cm³/mol. The Morgan fingerprint density at radius 3 is 2.75 bits per heavy atom. The number of nitrogens with one attached hydrogen (secondary N) is 2. The number of anilines is 3. The van der Waals surface area contributed by atoms with E-state index in [4.69, 9.17) is 0 Å². The zero-order valence-corrected chi connectivity index (χ0v) is 13.8. The van der Waals surface area contributed by atoms with Gasteiger partial charge >= 0.3 is 0 Å². The van der Waals surface area contributed by atoms with Crippen LogP contribution in [0.4, 0.5) is 17.5 Å². The molecule has 24 heavy (non-hydrogen) atoms. The number of nitrogens with zero attached hydrogens (tertiary/aromatic N) is 3. The fourth-order valence-corrected chi connectivity index (χ4v) is 3.29. The minimum atomic E-state index is 0.499. The first-order valence-corrected chi connectivity index (χ1v) is 8.51. The first kappa shape index (κ1) is 14.9. The Morgan fingerprint density at radius 1 is 1.04 bits per heavy atom. The van der Waals surface area contributed by atoms with E-state index in [1.807, 2.05) is 37.4 Å². The Kier molecular flexibility index (Phi) is 3.99. The zero-order chi connectivity index (χ0) is 16.4. The number of hydrogen-bond donors (Lipinski definition) is 2. The topological polar surface area (TPSA) is 62.7 Å². The van der Waals surface area contributed by atoms with E-state index in [1.165, 1.54) is 25.7 Å². The smallest absolute Gasteiger partial charge is 0.225 e. The molecule has 0 saturated heterocycles. The molecule has 0 atom stereocenters. The van der Waals surface area contributed by atoms with Crippen LogP contribution in [0.2, 0.25) is 0 Å². The van der Waals surface area contributed by atoms with Crippen LogP contribution in [0.3, 0.4) is 0 Å². The molecule has 5 nitrogen and oxygen atoms in total. The van der Waals surface area contributed by atoms with Crippen molar-refractivity contribution in [2.24, 2.45) is 0 Å². The molecule has 1 aromatic carbocycles. The molecule has 1 fully saturated rings. The molecule has 2 heterocycles. The highest BCUT2D eigenvalue weighted by Gasteiger charge is 2.16. The van der Waals surface area contributed by atoms with Crippen LogP contribution in [0.15, 0.2) is 42.6 Å². The summed E-state index contributed by atoms with van der Waals surface area (Å²) in [5, 5.41) is 7.98. The number of para-hydroxylation sites is 1. The first-order chi connectivity index (χ1) is 11.8. The van der Waals surface area contributed by atoms with Crippen LogP contribution in [-0.2, 0) is 0 Å². The van der Waals surface area contributed by atoms with E-state index in [-0.39, 0.29) is 0 Å². The van der Waals surface area contributed by atoms with Crippen molar-refractivity contribution < 1.29 is 0 Å². The average molecular weight is 319 g/mol. The van der Waals surface area contributed by atoms with Crippen molar-refractivity contribution in [3.05, 3.63) is 48.3 Å². The van der Waals surface area contributed by atoms with Gasteiger partial charge in [0.25, 0.3) is 0 Å². The van der Waals surface area contributed by atoms with Crippen LogP contribution >= 0.6 is 0 Å². The highest BCUT2D eigenvalue weighted by atomic mass is 15.2. The van der Waals surface area contributed by atoms with Gasteiger partial charge in [0, 0.05) is 29.4 Å². The van der Waals surface area contributed by atoms with Gasteiger partial charge in [0.1, 0.15) is 5.82 Å². The lowest BCUT2D eigenvalue weighted by atomic mass is 10.2. The normalized spacial score (nSPS) is 14.9. The lowest BCUT2D eigenvalue weighted by Crippen LogP contribution is -2.17. The quantitative estimate of drug-likeness (QED) is 0.745. The van der Waals surface area contributed by atoms with Gasteiger partial charge in [-0.1, -0.05) is 31.0 Å². The number of aryl methyl sites for hydroxylation is 1.